The largest absolute Gasteiger partial charge is 0.497 e. The van der Waals surface area contributed by atoms with Gasteiger partial charge in [0.05, 0.1) is 13.2 Å². The van der Waals surface area contributed by atoms with Crippen LogP contribution in [0.1, 0.15) is 25.5 Å². The lowest BCUT2D eigenvalue weighted by atomic mass is 10.1. The van der Waals surface area contributed by atoms with Crippen LogP contribution in [-0.4, -0.2) is 30.6 Å². The molecule has 4 heteroatoms. The monoisotopic (exact) mass is 234 g/mol. The van der Waals surface area contributed by atoms with E-state index in [0.717, 1.165) is 17.9 Å². The van der Waals surface area contributed by atoms with Crippen molar-refractivity contribution in [3.63, 3.8) is 0 Å². The van der Waals surface area contributed by atoms with Gasteiger partial charge < -0.3 is 15.0 Å². The molecule has 1 atom stereocenters. The summed E-state index contributed by atoms with van der Waals surface area (Å²) in [5, 5.41) is 2.99. The second-order valence-corrected chi connectivity index (χ2v) is 4.52. The van der Waals surface area contributed by atoms with Crippen LogP contribution < -0.4 is 10.1 Å². The Kier molecular flexibility index (Phi) is 3.22. The van der Waals surface area contributed by atoms with Gasteiger partial charge in [-0.1, -0.05) is 12.1 Å². The molecule has 17 heavy (non-hydrogen) atoms. The molecule has 1 heterocycles. The van der Waals surface area contributed by atoms with Crippen LogP contribution in [0.3, 0.4) is 0 Å². The molecule has 4 nitrogen and oxygen atoms in total. The first-order valence-electron chi connectivity index (χ1n) is 5.83. The molecule has 0 radical (unpaired) electrons. The molecule has 1 aromatic carbocycles. The maximum atomic E-state index is 11.7. The third-order valence-corrected chi connectivity index (χ3v) is 3.08. The quantitative estimate of drug-likeness (QED) is 0.870. The number of nitrogens with one attached hydrogen (secondary N) is 1. The van der Waals surface area contributed by atoms with E-state index in [-0.39, 0.29) is 18.1 Å². The molecule has 1 aromatic rings. The van der Waals surface area contributed by atoms with Gasteiger partial charge in [0.2, 0.25) is 0 Å². The molecule has 2 amide bonds. The van der Waals surface area contributed by atoms with Crippen LogP contribution in [-0.2, 0) is 0 Å². The summed E-state index contributed by atoms with van der Waals surface area (Å²) in [7, 11) is 1.65. The summed E-state index contributed by atoms with van der Waals surface area (Å²) in [4.78, 5) is 13.6. The van der Waals surface area contributed by atoms with Crippen molar-refractivity contribution in [1.29, 1.82) is 0 Å². The van der Waals surface area contributed by atoms with Crippen molar-refractivity contribution < 1.29 is 9.53 Å². The van der Waals surface area contributed by atoms with E-state index in [1.807, 2.05) is 43.0 Å². The van der Waals surface area contributed by atoms with E-state index < -0.39 is 0 Å². The van der Waals surface area contributed by atoms with E-state index in [1.54, 1.807) is 7.11 Å². The lowest BCUT2D eigenvalue weighted by Crippen LogP contribution is -2.33. The summed E-state index contributed by atoms with van der Waals surface area (Å²) in [6.45, 7) is 4.77. The standard InChI is InChI=1S/C13H18N2O2/c1-9(2)15-8-12(14-13(15)16)10-4-6-11(17-3)7-5-10/h4-7,9,12H,8H2,1-3H3,(H,14,16). The Morgan fingerprint density at radius 1 is 1.35 bits per heavy atom. The van der Waals surface area contributed by atoms with E-state index in [2.05, 4.69) is 5.32 Å². The summed E-state index contributed by atoms with van der Waals surface area (Å²) < 4.78 is 5.11. The highest BCUT2D eigenvalue weighted by molar-refractivity contribution is 5.77. The minimum absolute atomic E-state index is 0.0146. The third kappa shape index (κ3) is 2.35. The van der Waals surface area contributed by atoms with Gasteiger partial charge in [-0.15, -0.1) is 0 Å². The average molecular weight is 234 g/mol. The Balaban J connectivity index is 2.11. The number of nitrogens with zero attached hydrogens (tertiary/aromatic N) is 1. The number of hydrogen-bond acceptors (Lipinski definition) is 2. The lowest BCUT2D eigenvalue weighted by Gasteiger charge is -2.18. The number of urea groups is 1. The Morgan fingerprint density at radius 3 is 2.47 bits per heavy atom. The van der Waals surface area contributed by atoms with E-state index in [1.165, 1.54) is 0 Å². The van der Waals surface area contributed by atoms with Gasteiger partial charge in [-0.2, -0.15) is 0 Å². The number of carbonyl (C=O) groups is 1. The molecule has 0 aromatic heterocycles. The molecule has 92 valence electrons. The number of benzene rings is 1. The summed E-state index contributed by atoms with van der Waals surface area (Å²) in [5.41, 5.74) is 1.11. The van der Waals surface area contributed by atoms with Crippen LogP contribution >= 0.6 is 0 Å². The van der Waals surface area contributed by atoms with Crippen LogP contribution in [0.15, 0.2) is 24.3 Å². The molecule has 1 N–H and O–H groups in total. The lowest BCUT2D eigenvalue weighted by molar-refractivity contribution is 0.206. The van der Waals surface area contributed by atoms with Crippen molar-refractivity contribution >= 4 is 6.03 Å². The molecular formula is C13H18N2O2. The number of amides is 2. The van der Waals surface area contributed by atoms with Crippen LogP contribution in [0.25, 0.3) is 0 Å². The molecular weight excluding hydrogens is 216 g/mol. The van der Waals surface area contributed by atoms with Crippen molar-refractivity contribution in [3.05, 3.63) is 29.8 Å². The highest BCUT2D eigenvalue weighted by atomic mass is 16.5. The second-order valence-electron chi connectivity index (χ2n) is 4.52. The Bertz CT molecular complexity index is 400. The molecule has 1 saturated heterocycles. The Hall–Kier alpha value is -1.71. The van der Waals surface area contributed by atoms with Crippen LogP contribution in [0, 0.1) is 0 Å². The summed E-state index contributed by atoms with van der Waals surface area (Å²) in [6.07, 6.45) is 0. The van der Waals surface area contributed by atoms with Gasteiger partial charge in [0, 0.05) is 12.6 Å². The van der Waals surface area contributed by atoms with Crippen molar-refractivity contribution in [2.75, 3.05) is 13.7 Å². The first-order chi connectivity index (χ1) is 8.11. The number of rotatable bonds is 3. The topological polar surface area (TPSA) is 41.6 Å². The van der Waals surface area contributed by atoms with E-state index in [4.69, 9.17) is 4.74 Å². The zero-order valence-electron chi connectivity index (χ0n) is 10.4. The van der Waals surface area contributed by atoms with Crippen LogP contribution in [0.5, 0.6) is 5.75 Å². The van der Waals surface area contributed by atoms with Crippen LogP contribution in [0.2, 0.25) is 0 Å². The molecule has 0 aliphatic carbocycles. The fourth-order valence-corrected chi connectivity index (χ4v) is 2.03. The first-order valence-corrected chi connectivity index (χ1v) is 5.83. The number of methoxy groups -OCH3 is 1. The van der Waals surface area contributed by atoms with Crippen molar-refractivity contribution in [1.82, 2.24) is 10.2 Å². The molecule has 0 bridgehead atoms. The number of ether oxygens (including phenoxy) is 1. The predicted molar refractivity (Wildman–Crippen MR) is 66.1 cm³/mol. The maximum absolute atomic E-state index is 11.7. The van der Waals surface area contributed by atoms with E-state index >= 15 is 0 Å². The maximum Gasteiger partial charge on any atom is 0.318 e. The minimum Gasteiger partial charge on any atom is -0.497 e. The zero-order chi connectivity index (χ0) is 12.4. The van der Waals surface area contributed by atoms with Gasteiger partial charge in [0.25, 0.3) is 0 Å². The molecule has 0 spiro atoms. The Morgan fingerprint density at radius 2 is 2.00 bits per heavy atom. The highest BCUT2D eigenvalue weighted by Crippen LogP contribution is 2.23. The zero-order valence-corrected chi connectivity index (χ0v) is 10.4. The highest BCUT2D eigenvalue weighted by Gasteiger charge is 2.30. The third-order valence-electron chi connectivity index (χ3n) is 3.08. The number of carbonyl (C=O) groups excluding carboxylic acids is 1. The van der Waals surface area contributed by atoms with Gasteiger partial charge in [0.15, 0.2) is 0 Å². The average Bonchev–Trinajstić information content (AvgIpc) is 2.71. The second kappa shape index (κ2) is 4.65. The smallest absolute Gasteiger partial charge is 0.318 e. The van der Waals surface area contributed by atoms with Gasteiger partial charge in [0.1, 0.15) is 5.75 Å². The van der Waals surface area contributed by atoms with Gasteiger partial charge in [-0.3, -0.25) is 0 Å². The minimum atomic E-state index is 0.0146. The van der Waals surface area contributed by atoms with Crippen molar-refractivity contribution in [3.8, 4) is 5.75 Å². The fraction of sp³-hybridized carbons (Fsp3) is 0.462. The van der Waals surface area contributed by atoms with Gasteiger partial charge in [-0.25, -0.2) is 4.79 Å². The SMILES string of the molecule is COc1ccc(C2CN(C(C)C)C(=O)N2)cc1. The van der Waals surface area contributed by atoms with E-state index in [0.29, 0.717) is 0 Å². The van der Waals surface area contributed by atoms with Gasteiger partial charge >= 0.3 is 6.03 Å². The van der Waals surface area contributed by atoms with Crippen molar-refractivity contribution in [2.45, 2.75) is 25.9 Å². The first kappa shape index (κ1) is 11.8. The summed E-state index contributed by atoms with van der Waals surface area (Å²) in [6, 6.07) is 8.15. The molecule has 1 unspecified atom stereocenters. The fourth-order valence-electron chi connectivity index (χ4n) is 2.03. The summed E-state index contributed by atoms with van der Waals surface area (Å²) in [5.74, 6) is 0.832. The Labute approximate surface area is 102 Å². The predicted octanol–water partition coefficient (Wildman–Crippen LogP) is 2.17. The molecule has 1 fully saturated rings. The van der Waals surface area contributed by atoms with Gasteiger partial charge in [-0.05, 0) is 31.5 Å². The summed E-state index contributed by atoms with van der Waals surface area (Å²) >= 11 is 0. The normalized spacial score (nSPS) is 19.6. The van der Waals surface area contributed by atoms with E-state index in [9.17, 15) is 4.79 Å². The molecule has 1 aliphatic heterocycles. The molecule has 1 aliphatic rings. The molecule has 2 rings (SSSR count). The van der Waals surface area contributed by atoms with Crippen molar-refractivity contribution in [2.24, 2.45) is 0 Å². The number of hydrogen-bond donors (Lipinski definition) is 1. The molecule has 0 saturated carbocycles. The van der Waals surface area contributed by atoms with Crippen LogP contribution in [0.4, 0.5) is 4.79 Å².